The van der Waals surface area contributed by atoms with Crippen LogP contribution in [-0.4, -0.2) is 159 Å². The Bertz CT molecular complexity index is 636. The number of carbonyl (C=O) groups is 3. The smallest absolute Gasteiger partial charge is 0.220 e. The van der Waals surface area contributed by atoms with Gasteiger partial charge >= 0.3 is 0 Å². The van der Waals surface area contributed by atoms with E-state index in [4.69, 9.17) is 11.5 Å². The van der Waals surface area contributed by atoms with Gasteiger partial charge in [0.05, 0.1) is 41.4 Å². The predicted octanol–water partition coefficient (Wildman–Crippen LogP) is -0.553. The van der Waals surface area contributed by atoms with Crippen molar-refractivity contribution in [3.8, 4) is 0 Å². The molecule has 240 valence electrons. The number of aliphatic hydroxyl groups excluding tert-OH is 3. The fourth-order valence-electron chi connectivity index (χ4n) is 3.54. The third kappa shape index (κ3) is 28.0. The van der Waals surface area contributed by atoms with Crippen LogP contribution in [0.3, 0.4) is 0 Å². The summed E-state index contributed by atoms with van der Waals surface area (Å²) in [5.74, 6) is -0.0923. The first-order valence-electron chi connectivity index (χ1n) is 13.5. The second-order valence-electron chi connectivity index (χ2n) is 10.9. The van der Waals surface area contributed by atoms with Crippen molar-refractivity contribution in [1.29, 1.82) is 0 Å². The molecule has 0 radical (unpaired) electrons. The van der Waals surface area contributed by atoms with Gasteiger partial charge in [0.2, 0.25) is 5.91 Å². The van der Waals surface area contributed by atoms with E-state index in [1.807, 2.05) is 19.0 Å². The van der Waals surface area contributed by atoms with Gasteiger partial charge in [-0.15, -0.1) is 0 Å². The Kier molecular flexibility index (Phi) is 30.7. The highest BCUT2D eigenvalue weighted by molar-refractivity contribution is 15.0. The SMILES string of the molecule is CC[N+](C)(C)CC(O)CN(CN)CCC=O.C[N+](C)(CO)CC(O)CN(CN)CNC(=O)CCCCC=O.II. The Hall–Kier alpha value is -0.0900. The molecular formula is C25H57I2N7O6+2. The number of quaternary nitrogens is 2. The second kappa shape index (κ2) is 27.7. The largest absolute Gasteiger partial charge is 0.386 e. The molecule has 0 rings (SSSR count). The van der Waals surface area contributed by atoms with E-state index >= 15 is 0 Å². The third-order valence-electron chi connectivity index (χ3n) is 6.14. The lowest BCUT2D eigenvalue weighted by molar-refractivity contribution is -0.911. The van der Waals surface area contributed by atoms with Crippen LogP contribution in [0.15, 0.2) is 0 Å². The lowest BCUT2D eigenvalue weighted by Crippen LogP contribution is -2.51. The summed E-state index contributed by atoms with van der Waals surface area (Å²) in [6.07, 6.45) is 3.40. The van der Waals surface area contributed by atoms with Gasteiger partial charge in [-0.2, -0.15) is 0 Å². The van der Waals surface area contributed by atoms with Crippen molar-refractivity contribution < 1.29 is 38.7 Å². The maximum absolute atomic E-state index is 11.6. The molecular weight excluding hydrogens is 748 g/mol. The van der Waals surface area contributed by atoms with Crippen LogP contribution in [-0.2, 0) is 14.4 Å². The highest BCUT2D eigenvalue weighted by Gasteiger charge is 2.22. The number of hydrogen-bond acceptors (Lipinski definition) is 10. The first kappa shape index (κ1) is 44.4. The molecule has 0 spiro atoms. The molecule has 15 heteroatoms. The summed E-state index contributed by atoms with van der Waals surface area (Å²) < 4.78 is 1.08. The molecule has 1 amide bonds. The quantitative estimate of drug-likeness (QED) is 0.0273. The number of aliphatic hydroxyl groups is 3. The molecule has 2 atom stereocenters. The van der Waals surface area contributed by atoms with Crippen molar-refractivity contribution in [3.05, 3.63) is 0 Å². The van der Waals surface area contributed by atoms with E-state index in [1.165, 1.54) is 0 Å². The fraction of sp³-hybridized carbons (Fsp3) is 0.880. The van der Waals surface area contributed by atoms with E-state index in [0.717, 1.165) is 23.6 Å². The molecule has 0 aromatic rings. The number of carbonyl (C=O) groups excluding carboxylic acids is 3. The summed E-state index contributed by atoms with van der Waals surface area (Å²) in [6, 6.07) is 0. The van der Waals surface area contributed by atoms with Crippen molar-refractivity contribution in [2.45, 2.75) is 51.2 Å². The van der Waals surface area contributed by atoms with E-state index in [1.54, 1.807) is 4.90 Å². The summed E-state index contributed by atoms with van der Waals surface area (Å²) in [5.41, 5.74) is 11.2. The number of rotatable bonds is 22. The van der Waals surface area contributed by atoms with Crippen molar-refractivity contribution >= 4 is 55.7 Å². The second-order valence-corrected chi connectivity index (χ2v) is 10.9. The zero-order chi connectivity index (χ0) is 31.6. The van der Waals surface area contributed by atoms with Gasteiger partial charge in [-0.25, -0.2) is 0 Å². The van der Waals surface area contributed by atoms with Crippen LogP contribution in [0.4, 0.5) is 0 Å². The topological polar surface area (TPSA) is 182 Å². The van der Waals surface area contributed by atoms with Gasteiger partial charge in [0.25, 0.3) is 0 Å². The van der Waals surface area contributed by atoms with Gasteiger partial charge in [0.1, 0.15) is 37.9 Å². The summed E-state index contributed by atoms with van der Waals surface area (Å²) in [7, 11) is 7.80. The van der Waals surface area contributed by atoms with Crippen LogP contribution < -0.4 is 16.8 Å². The number of hydrogen-bond donors (Lipinski definition) is 6. The summed E-state index contributed by atoms with van der Waals surface area (Å²) in [4.78, 5) is 35.7. The molecule has 0 bridgehead atoms. The van der Waals surface area contributed by atoms with Crippen molar-refractivity contribution in [1.82, 2.24) is 15.1 Å². The Labute approximate surface area is 265 Å². The van der Waals surface area contributed by atoms with Crippen LogP contribution in [0.1, 0.15) is 39.0 Å². The van der Waals surface area contributed by atoms with Crippen LogP contribution in [0.25, 0.3) is 0 Å². The minimum absolute atomic E-state index is 0.0583. The maximum Gasteiger partial charge on any atom is 0.220 e. The lowest BCUT2D eigenvalue weighted by Gasteiger charge is -2.32. The van der Waals surface area contributed by atoms with E-state index < -0.39 is 12.2 Å². The van der Waals surface area contributed by atoms with Gasteiger partial charge in [-0.1, -0.05) is 0 Å². The zero-order valence-electron chi connectivity index (χ0n) is 25.2. The van der Waals surface area contributed by atoms with Crippen molar-refractivity contribution in [3.63, 3.8) is 0 Å². The fourth-order valence-corrected chi connectivity index (χ4v) is 3.54. The molecule has 0 aromatic carbocycles. The molecule has 8 N–H and O–H groups in total. The predicted molar refractivity (Wildman–Crippen MR) is 176 cm³/mol. The molecule has 0 aromatic heterocycles. The minimum Gasteiger partial charge on any atom is -0.386 e. The van der Waals surface area contributed by atoms with Crippen LogP contribution >= 0.6 is 37.2 Å². The standard InChI is InChI=1S/C14H30N4O4.C11H26N3O2.I2/c1-18(2,12-20)9-13(21)8-17(10-15)11-16-14(22)6-4-3-5-7-19;1-4-14(2,3)9-11(16)8-13(10-12)6-5-7-15;1-2/h7,13,20-21H,3-6,8-12,15H2,1-2H3;7,11,16H,4-6,8-10,12H2,1-3H3;/q;+1;/p+1. The number of amides is 1. The number of aldehydes is 2. The number of nitrogens with two attached hydrogens (primary N) is 2. The average Bonchev–Trinajstić information content (AvgIpc) is 2.92. The number of halogens is 2. The van der Waals surface area contributed by atoms with E-state index in [0.29, 0.717) is 76.0 Å². The normalized spacial score (nSPS) is 13.1. The maximum atomic E-state index is 11.6. The zero-order valence-corrected chi connectivity index (χ0v) is 29.5. The van der Waals surface area contributed by atoms with Crippen LogP contribution in [0.2, 0.25) is 0 Å². The Morgan fingerprint density at radius 1 is 0.900 bits per heavy atom. The molecule has 0 aliphatic heterocycles. The van der Waals surface area contributed by atoms with Crippen LogP contribution in [0.5, 0.6) is 0 Å². The molecule has 0 saturated heterocycles. The van der Waals surface area contributed by atoms with E-state index in [2.05, 4.69) is 63.6 Å². The summed E-state index contributed by atoms with van der Waals surface area (Å²) in [6.45, 7) is 6.46. The molecule has 0 aliphatic carbocycles. The van der Waals surface area contributed by atoms with Crippen LogP contribution in [0, 0.1) is 0 Å². The average molecular weight is 806 g/mol. The molecule has 13 nitrogen and oxygen atoms in total. The monoisotopic (exact) mass is 805 g/mol. The van der Waals surface area contributed by atoms with Gasteiger partial charge in [0.15, 0.2) is 6.73 Å². The van der Waals surface area contributed by atoms with Gasteiger partial charge in [-0.05, 0) is 19.8 Å². The first-order chi connectivity index (χ1) is 18.8. The number of likely N-dealkylation sites (N-methyl/N-ethyl adjacent to an activating group) is 2. The first-order valence-corrected chi connectivity index (χ1v) is 19.8. The summed E-state index contributed by atoms with van der Waals surface area (Å²) >= 11 is 4.24. The van der Waals surface area contributed by atoms with Gasteiger partial charge in [-0.3, -0.25) is 14.6 Å². The third-order valence-corrected chi connectivity index (χ3v) is 6.14. The van der Waals surface area contributed by atoms with Gasteiger partial charge < -0.3 is 50.7 Å². The molecule has 0 fully saturated rings. The molecule has 40 heavy (non-hydrogen) atoms. The summed E-state index contributed by atoms with van der Waals surface area (Å²) in [5, 5.41) is 31.8. The lowest BCUT2D eigenvalue weighted by atomic mass is 10.2. The Morgan fingerprint density at radius 2 is 1.40 bits per heavy atom. The van der Waals surface area contributed by atoms with Crippen molar-refractivity contribution in [2.75, 3.05) is 94.2 Å². The molecule has 0 heterocycles. The van der Waals surface area contributed by atoms with E-state index in [9.17, 15) is 29.7 Å². The van der Waals surface area contributed by atoms with Gasteiger partial charge in [0, 0.05) is 89.5 Å². The minimum atomic E-state index is -0.643. The van der Waals surface area contributed by atoms with E-state index in [-0.39, 0.29) is 26.0 Å². The molecule has 2 unspecified atom stereocenters. The Morgan fingerprint density at radius 3 is 1.85 bits per heavy atom. The number of unbranched alkanes of at least 4 members (excludes halogenated alkanes) is 2. The highest BCUT2D eigenvalue weighted by atomic mass is 128. The highest BCUT2D eigenvalue weighted by Crippen LogP contribution is 2.02. The van der Waals surface area contributed by atoms with Crippen molar-refractivity contribution in [2.24, 2.45) is 11.5 Å². The Balaban J connectivity index is -0.000000673. The molecule has 0 saturated carbocycles. The molecule has 0 aliphatic rings. The number of nitrogens with one attached hydrogen (secondary N) is 1. The number of nitrogens with zero attached hydrogens (tertiary/aromatic N) is 4.